The number of anilines is 1. The lowest BCUT2D eigenvalue weighted by molar-refractivity contribution is 0.437. The zero-order valence-corrected chi connectivity index (χ0v) is 12.6. The van der Waals surface area contributed by atoms with Gasteiger partial charge < -0.3 is 10.3 Å². The predicted molar refractivity (Wildman–Crippen MR) is 82.1 cm³/mol. The second kappa shape index (κ2) is 4.83. The lowest BCUT2D eigenvalue weighted by Gasteiger charge is -2.04. The molecule has 0 radical (unpaired) electrons. The Kier molecular flexibility index (Phi) is 3.16. The van der Waals surface area contributed by atoms with E-state index in [1.54, 1.807) is 11.3 Å². The number of hydrogen-bond acceptors (Lipinski definition) is 4. The van der Waals surface area contributed by atoms with E-state index < -0.39 is 0 Å². The zero-order valence-electron chi connectivity index (χ0n) is 10.2. The third kappa shape index (κ3) is 2.09. The highest BCUT2D eigenvalue weighted by Crippen LogP contribution is 2.42. The smallest absolute Gasteiger partial charge is 0.187 e. The van der Waals surface area contributed by atoms with Gasteiger partial charge in [0.2, 0.25) is 0 Å². The molecular weight excluding hydrogens is 324 g/mol. The second-order valence-corrected chi connectivity index (χ2v) is 5.95. The summed E-state index contributed by atoms with van der Waals surface area (Å²) in [4.78, 5) is 1.06. The number of hydrogen-bond donors (Lipinski definition) is 1. The van der Waals surface area contributed by atoms with Gasteiger partial charge in [-0.2, -0.15) is 0 Å². The van der Waals surface area contributed by atoms with E-state index in [4.69, 9.17) is 10.3 Å². The Morgan fingerprint density at radius 3 is 2.74 bits per heavy atom. The zero-order chi connectivity index (χ0) is 13.4. The third-order valence-corrected chi connectivity index (χ3v) is 4.64. The van der Waals surface area contributed by atoms with Crippen LogP contribution in [-0.2, 0) is 0 Å². The molecule has 0 aliphatic heterocycles. The van der Waals surface area contributed by atoms with Crippen LogP contribution in [0.5, 0.6) is 0 Å². The Morgan fingerprint density at radius 1 is 1.26 bits per heavy atom. The molecule has 3 rings (SSSR count). The number of nitrogen functional groups attached to an aromatic ring is 1. The van der Waals surface area contributed by atoms with Gasteiger partial charge in [0.1, 0.15) is 0 Å². The summed E-state index contributed by atoms with van der Waals surface area (Å²) in [7, 11) is 0. The number of thiophene rings is 1. The molecule has 0 atom stereocenters. The number of nitrogens with two attached hydrogens (primary N) is 1. The van der Waals surface area contributed by atoms with Crippen molar-refractivity contribution in [1.29, 1.82) is 0 Å². The van der Waals surface area contributed by atoms with E-state index in [0.717, 1.165) is 31.8 Å². The number of rotatable bonds is 2. The van der Waals surface area contributed by atoms with Crippen molar-refractivity contribution in [3.05, 3.63) is 45.7 Å². The summed E-state index contributed by atoms with van der Waals surface area (Å²) >= 11 is 5.17. The first-order valence-corrected chi connectivity index (χ1v) is 7.40. The number of aryl methyl sites for hydroxylation is 1. The van der Waals surface area contributed by atoms with Crippen LogP contribution in [0.4, 0.5) is 5.82 Å². The van der Waals surface area contributed by atoms with Crippen LogP contribution in [-0.4, -0.2) is 5.16 Å². The lowest BCUT2D eigenvalue weighted by Crippen LogP contribution is -1.89. The van der Waals surface area contributed by atoms with Gasteiger partial charge in [-0.1, -0.05) is 39.3 Å². The van der Waals surface area contributed by atoms with Crippen LogP contribution in [0.1, 0.15) is 5.56 Å². The minimum atomic E-state index is 0.412. The molecule has 0 aliphatic carbocycles. The molecule has 0 fully saturated rings. The largest absolute Gasteiger partial charge is 0.380 e. The molecule has 2 aromatic heterocycles. The number of aromatic nitrogens is 1. The van der Waals surface area contributed by atoms with Gasteiger partial charge in [-0.15, -0.1) is 11.3 Å². The molecule has 3 aromatic rings. The third-order valence-electron chi connectivity index (χ3n) is 2.93. The fraction of sp³-hybridized carbons (Fsp3) is 0.0714. The van der Waals surface area contributed by atoms with Crippen LogP contribution in [0.2, 0.25) is 0 Å². The molecule has 2 heterocycles. The predicted octanol–water partition coefficient (Wildman–Crippen LogP) is 4.72. The average molecular weight is 335 g/mol. The first kappa shape index (κ1) is 12.4. The molecule has 0 spiro atoms. The van der Waals surface area contributed by atoms with E-state index >= 15 is 0 Å². The fourth-order valence-electron chi connectivity index (χ4n) is 1.99. The van der Waals surface area contributed by atoms with E-state index in [9.17, 15) is 0 Å². The number of nitrogens with zero attached hydrogens (tertiary/aromatic N) is 1. The highest BCUT2D eigenvalue weighted by molar-refractivity contribution is 9.10. The second-order valence-electron chi connectivity index (χ2n) is 4.18. The molecule has 96 valence electrons. The molecule has 0 bridgehead atoms. The molecule has 3 nitrogen and oxygen atoms in total. The van der Waals surface area contributed by atoms with Crippen molar-refractivity contribution < 1.29 is 4.52 Å². The van der Waals surface area contributed by atoms with E-state index in [1.165, 1.54) is 0 Å². The Morgan fingerprint density at radius 2 is 2.05 bits per heavy atom. The van der Waals surface area contributed by atoms with Crippen LogP contribution in [0.15, 0.2) is 44.7 Å². The molecule has 0 saturated heterocycles. The lowest BCUT2D eigenvalue weighted by atomic mass is 10.0. The number of benzene rings is 1. The molecule has 0 unspecified atom stereocenters. The van der Waals surface area contributed by atoms with Gasteiger partial charge in [-0.3, -0.25) is 0 Å². The average Bonchev–Trinajstić information content (AvgIpc) is 2.96. The first-order chi connectivity index (χ1) is 9.18. The highest BCUT2D eigenvalue weighted by atomic mass is 79.9. The SMILES string of the molecule is Cc1ccsc1-c1onc(N)c1-c1ccccc1Br. The summed E-state index contributed by atoms with van der Waals surface area (Å²) in [5.41, 5.74) is 8.97. The summed E-state index contributed by atoms with van der Waals surface area (Å²) in [5.74, 6) is 1.15. The van der Waals surface area contributed by atoms with Gasteiger partial charge in [0.25, 0.3) is 0 Å². The van der Waals surface area contributed by atoms with E-state index in [1.807, 2.05) is 36.6 Å². The van der Waals surface area contributed by atoms with E-state index in [-0.39, 0.29) is 0 Å². The Hall–Kier alpha value is -1.59. The summed E-state index contributed by atoms with van der Waals surface area (Å²) in [6, 6.07) is 9.97. The minimum Gasteiger partial charge on any atom is -0.380 e. The molecule has 5 heteroatoms. The van der Waals surface area contributed by atoms with Crippen LogP contribution < -0.4 is 5.73 Å². The topological polar surface area (TPSA) is 52.0 Å². The summed E-state index contributed by atoms with van der Waals surface area (Å²) in [6.07, 6.45) is 0. The molecule has 1 aromatic carbocycles. The summed E-state index contributed by atoms with van der Waals surface area (Å²) in [5, 5.41) is 5.95. The molecular formula is C14H11BrN2OS. The van der Waals surface area contributed by atoms with Crippen molar-refractivity contribution >= 4 is 33.1 Å². The van der Waals surface area contributed by atoms with Gasteiger partial charge in [-0.05, 0) is 30.0 Å². The Balaban J connectivity index is 2.26. The quantitative estimate of drug-likeness (QED) is 0.737. The van der Waals surface area contributed by atoms with Crippen molar-refractivity contribution in [3.8, 4) is 21.8 Å². The molecule has 0 aliphatic rings. The minimum absolute atomic E-state index is 0.412. The molecule has 19 heavy (non-hydrogen) atoms. The van der Waals surface area contributed by atoms with E-state index in [0.29, 0.717) is 5.82 Å². The monoisotopic (exact) mass is 334 g/mol. The van der Waals surface area contributed by atoms with Gasteiger partial charge in [0.05, 0.1) is 10.4 Å². The summed E-state index contributed by atoms with van der Waals surface area (Å²) < 4.78 is 6.42. The first-order valence-electron chi connectivity index (χ1n) is 5.73. The fourth-order valence-corrected chi connectivity index (χ4v) is 3.38. The van der Waals surface area contributed by atoms with Crippen molar-refractivity contribution in [2.24, 2.45) is 0 Å². The molecule has 0 amide bonds. The van der Waals surface area contributed by atoms with Crippen molar-refractivity contribution in [1.82, 2.24) is 5.16 Å². The van der Waals surface area contributed by atoms with Crippen LogP contribution in [0.3, 0.4) is 0 Å². The van der Waals surface area contributed by atoms with Gasteiger partial charge in [0, 0.05) is 10.0 Å². The van der Waals surface area contributed by atoms with Crippen molar-refractivity contribution in [3.63, 3.8) is 0 Å². The van der Waals surface area contributed by atoms with Gasteiger partial charge in [0.15, 0.2) is 11.6 Å². The maximum absolute atomic E-state index is 5.98. The van der Waals surface area contributed by atoms with Crippen molar-refractivity contribution in [2.45, 2.75) is 6.92 Å². The Labute approximate surface area is 123 Å². The van der Waals surface area contributed by atoms with Crippen LogP contribution in [0, 0.1) is 6.92 Å². The van der Waals surface area contributed by atoms with Crippen LogP contribution >= 0.6 is 27.3 Å². The maximum atomic E-state index is 5.98. The molecule has 2 N–H and O–H groups in total. The maximum Gasteiger partial charge on any atom is 0.187 e. The van der Waals surface area contributed by atoms with Crippen molar-refractivity contribution in [2.75, 3.05) is 5.73 Å². The van der Waals surface area contributed by atoms with Gasteiger partial charge in [-0.25, -0.2) is 0 Å². The van der Waals surface area contributed by atoms with Crippen LogP contribution in [0.25, 0.3) is 21.8 Å². The standard InChI is InChI=1S/C14H11BrN2OS/c1-8-6-7-19-13(8)12-11(14(16)17-18-12)9-4-2-3-5-10(9)15/h2-7H,1H3,(H2,16,17). The Bertz CT molecular complexity index is 733. The van der Waals surface area contributed by atoms with Gasteiger partial charge >= 0.3 is 0 Å². The number of halogens is 1. The normalized spacial score (nSPS) is 10.8. The summed E-state index contributed by atoms with van der Waals surface area (Å²) in [6.45, 7) is 2.05. The van der Waals surface area contributed by atoms with E-state index in [2.05, 4.69) is 27.2 Å². The highest BCUT2D eigenvalue weighted by Gasteiger charge is 2.21. The molecule has 0 saturated carbocycles.